The van der Waals surface area contributed by atoms with Crippen LogP contribution in [0.1, 0.15) is 65.7 Å². The topological polar surface area (TPSA) is 92.8 Å². The van der Waals surface area contributed by atoms with Crippen molar-refractivity contribution in [2.24, 2.45) is 5.92 Å². The molecule has 0 saturated heterocycles. The van der Waals surface area contributed by atoms with Crippen LogP contribution in [0.2, 0.25) is 0 Å². The van der Waals surface area contributed by atoms with Crippen LogP contribution in [0.5, 0.6) is 5.75 Å². The Balaban J connectivity index is 1.43. The van der Waals surface area contributed by atoms with Crippen LogP contribution in [0.4, 0.5) is 5.00 Å². The van der Waals surface area contributed by atoms with Gasteiger partial charge in [0.1, 0.15) is 16.8 Å². The Hall–Kier alpha value is -3.09. The summed E-state index contributed by atoms with van der Waals surface area (Å²) in [6.07, 6.45) is 5.59. The monoisotopic (exact) mass is 535 g/mol. The summed E-state index contributed by atoms with van der Waals surface area (Å²) < 4.78 is 8.07. The molecule has 0 spiro atoms. The number of benzene rings is 1. The van der Waals surface area contributed by atoms with Gasteiger partial charge in [0.2, 0.25) is 5.91 Å². The lowest BCUT2D eigenvalue weighted by Crippen LogP contribution is -2.15. The van der Waals surface area contributed by atoms with E-state index in [0.29, 0.717) is 34.0 Å². The first-order valence-corrected chi connectivity index (χ1v) is 14.4. The van der Waals surface area contributed by atoms with Gasteiger partial charge in [-0.05, 0) is 74.8 Å². The number of hydrogen-bond acceptors (Lipinski definition) is 7. The minimum Gasteiger partial charge on any atom is -0.483 e. The van der Waals surface area contributed by atoms with Gasteiger partial charge >= 0.3 is 0 Å². The van der Waals surface area contributed by atoms with Gasteiger partial charge < -0.3 is 10.1 Å². The summed E-state index contributed by atoms with van der Waals surface area (Å²) in [6.45, 7) is 12.6. The molecule has 194 valence electrons. The summed E-state index contributed by atoms with van der Waals surface area (Å²) >= 11 is 2.86. The Labute approximate surface area is 226 Å². The molecule has 0 radical (unpaired) electrons. The van der Waals surface area contributed by atoms with Crippen LogP contribution in [0.25, 0.3) is 0 Å². The molecule has 1 amide bonds. The van der Waals surface area contributed by atoms with Crippen molar-refractivity contribution < 1.29 is 9.53 Å². The van der Waals surface area contributed by atoms with Gasteiger partial charge in [-0.1, -0.05) is 37.2 Å². The number of nitriles is 1. The maximum atomic E-state index is 12.9. The maximum Gasteiger partial charge on any atom is 0.235 e. The molecule has 9 heteroatoms. The average Bonchev–Trinajstić information content (AvgIpc) is 3.44. The summed E-state index contributed by atoms with van der Waals surface area (Å²) in [5.74, 6) is 2.09. The largest absolute Gasteiger partial charge is 0.483 e. The normalized spacial score (nSPS) is 15.5. The number of carbonyl (C=O) groups excluding carboxylic acids is 1. The van der Waals surface area contributed by atoms with Gasteiger partial charge in [-0.25, -0.2) is 0 Å². The standard InChI is InChI=1S/C28H33N5O2S2/c1-6-12-33-26(19(5)35-21-10-8-17(3)18(4)13-21)31-32-28(33)36-16-25(34)30-27-23(15-29)22-11-9-20(7-2)14-24(22)37-27/h6,8,10,13,19-20H,1,7,9,11-12,14,16H2,2-5H3,(H,30,34). The molecule has 37 heavy (non-hydrogen) atoms. The summed E-state index contributed by atoms with van der Waals surface area (Å²) in [5.41, 5.74) is 4.12. The fourth-order valence-electron chi connectivity index (χ4n) is 4.55. The number of ether oxygens (including phenoxy) is 1. The lowest BCUT2D eigenvalue weighted by atomic mass is 9.86. The molecular weight excluding hydrogens is 502 g/mol. The Bertz CT molecular complexity index is 1340. The number of aromatic nitrogens is 3. The van der Waals surface area contributed by atoms with E-state index in [1.165, 1.54) is 22.2 Å². The highest BCUT2D eigenvalue weighted by molar-refractivity contribution is 7.99. The van der Waals surface area contributed by atoms with Gasteiger partial charge in [0.05, 0.1) is 11.3 Å². The quantitative estimate of drug-likeness (QED) is 0.239. The third-order valence-electron chi connectivity index (χ3n) is 6.85. The van der Waals surface area contributed by atoms with E-state index < -0.39 is 0 Å². The van der Waals surface area contributed by atoms with Crippen LogP contribution >= 0.6 is 23.1 Å². The van der Waals surface area contributed by atoms with E-state index in [9.17, 15) is 10.1 Å². The van der Waals surface area contributed by atoms with Crippen molar-refractivity contribution in [2.45, 2.75) is 71.2 Å². The predicted molar refractivity (Wildman–Crippen MR) is 149 cm³/mol. The second-order valence-corrected chi connectivity index (χ2v) is 11.5. The van der Waals surface area contributed by atoms with Gasteiger partial charge in [0.25, 0.3) is 0 Å². The third-order valence-corrected chi connectivity index (χ3v) is 8.99. The fraction of sp³-hybridized carbons (Fsp3) is 0.429. The van der Waals surface area contributed by atoms with Crippen molar-refractivity contribution >= 4 is 34.0 Å². The number of carbonyl (C=O) groups is 1. The zero-order valence-corrected chi connectivity index (χ0v) is 23.5. The van der Waals surface area contributed by atoms with E-state index >= 15 is 0 Å². The lowest BCUT2D eigenvalue weighted by molar-refractivity contribution is -0.113. The number of thioether (sulfide) groups is 1. The molecule has 2 unspecified atom stereocenters. The molecule has 1 aromatic carbocycles. The molecule has 2 heterocycles. The van der Waals surface area contributed by atoms with Crippen molar-refractivity contribution in [3.8, 4) is 11.8 Å². The van der Waals surface area contributed by atoms with Crippen molar-refractivity contribution in [3.05, 3.63) is 63.8 Å². The number of allylic oxidation sites excluding steroid dienone is 1. The van der Waals surface area contributed by atoms with Gasteiger partial charge in [-0.15, -0.1) is 28.1 Å². The van der Waals surface area contributed by atoms with E-state index in [1.807, 2.05) is 29.7 Å². The highest BCUT2D eigenvalue weighted by Crippen LogP contribution is 2.40. The fourth-order valence-corrected chi connectivity index (χ4v) is 6.64. The van der Waals surface area contributed by atoms with Crippen molar-refractivity contribution in [2.75, 3.05) is 11.1 Å². The van der Waals surface area contributed by atoms with E-state index in [0.717, 1.165) is 42.6 Å². The SMILES string of the molecule is C=CCn1c(SCC(=O)Nc2sc3c(c2C#N)CCC(CC)C3)nnc1C(C)Oc1ccc(C)c(C)c1. The van der Waals surface area contributed by atoms with Gasteiger partial charge in [-0.2, -0.15) is 5.26 Å². The Kier molecular flexibility index (Phi) is 8.72. The zero-order chi connectivity index (χ0) is 26.5. The zero-order valence-electron chi connectivity index (χ0n) is 21.8. The number of fused-ring (bicyclic) bond motifs is 1. The van der Waals surface area contributed by atoms with Crippen LogP contribution in [0, 0.1) is 31.1 Å². The molecule has 1 aliphatic rings. The van der Waals surface area contributed by atoms with Crippen LogP contribution < -0.4 is 10.1 Å². The van der Waals surface area contributed by atoms with Crippen molar-refractivity contribution in [1.82, 2.24) is 14.8 Å². The minimum absolute atomic E-state index is 0.159. The highest BCUT2D eigenvalue weighted by Gasteiger charge is 2.26. The first kappa shape index (κ1) is 27.0. The molecule has 1 aliphatic carbocycles. The molecule has 7 nitrogen and oxygen atoms in total. The van der Waals surface area contributed by atoms with Gasteiger partial charge in [0.15, 0.2) is 17.1 Å². The number of nitrogens with one attached hydrogen (secondary N) is 1. The van der Waals surface area contributed by atoms with Crippen LogP contribution in [0.15, 0.2) is 36.0 Å². The first-order valence-electron chi connectivity index (χ1n) is 12.6. The second kappa shape index (κ2) is 12.0. The maximum absolute atomic E-state index is 12.9. The summed E-state index contributed by atoms with van der Waals surface area (Å²) in [5, 5.41) is 22.7. The minimum atomic E-state index is -0.333. The van der Waals surface area contributed by atoms with E-state index in [-0.39, 0.29) is 17.8 Å². The van der Waals surface area contributed by atoms with Crippen LogP contribution in [0.3, 0.4) is 0 Å². The Morgan fingerprint density at radius 2 is 2.22 bits per heavy atom. The van der Waals surface area contributed by atoms with E-state index in [2.05, 4.69) is 48.9 Å². The van der Waals surface area contributed by atoms with Crippen molar-refractivity contribution in [1.29, 1.82) is 5.26 Å². The number of aryl methyl sites for hydroxylation is 2. The Morgan fingerprint density at radius 1 is 1.41 bits per heavy atom. The molecule has 0 aliphatic heterocycles. The third kappa shape index (κ3) is 6.08. The summed E-state index contributed by atoms with van der Waals surface area (Å²) in [7, 11) is 0. The van der Waals surface area contributed by atoms with Gasteiger partial charge in [0, 0.05) is 11.4 Å². The number of rotatable bonds is 10. The number of thiophene rings is 1. The number of hydrogen-bond donors (Lipinski definition) is 1. The molecule has 3 aromatic rings. The number of amides is 1. The highest BCUT2D eigenvalue weighted by atomic mass is 32.2. The molecule has 2 atom stereocenters. The van der Waals surface area contributed by atoms with Crippen molar-refractivity contribution in [3.63, 3.8) is 0 Å². The molecule has 1 N–H and O–H groups in total. The predicted octanol–water partition coefficient (Wildman–Crippen LogP) is 6.40. The summed E-state index contributed by atoms with van der Waals surface area (Å²) in [6, 6.07) is 8.32. The second-order valence-electron chi connectivity index (χ2n) is 9.42. The molecule has 0 bridgehead atoms. The molecule has 0 fully saturated rings. The van der Waals surface area contributed by atoms with E-state index in [4.69, 9.17) is 4.74 Å². The lowest BCUT2D eigenvalue weighted by Gasteiger charge is -2.20. The molecule has 0 saturated carbocycles. The molecular formula is C28H33N5O2S2. The van der Waals surface area contributed by atoms with Crippen LogP contribution in [-0.2, 0) is 24.2 Å². The first-order chi connectivity index (χ1) is 17.8. The molecule has 4 rings (SSSR count). The van der Waals surface area contributed by atoms with E-state index in [1.54, 1.807) is 17.4 Å². The number of nitrogens with zero attached hydrogens (tertiary/aromatic N) is 4. The summed E-state index contributed by atoms with van der Waals surface area (Å²) in [4.78, 5) is 14.1. The molecule has 2 aromatic heterocycles. The van der Waals surface area contributed by atoms with Gasteiger partial charge in [-0.3, -0.25) is 9.36 Å². The Morgan fingerprint density at radius 3 is 2.92 bits per heavy atom. The average molecular weight is 536 g/mol. The smallest absolute Gasteiger partial charge is 0.235 e. The van der Waals surface area contributed by atoms with Crippen LogP contribution in [-0.4, -0.2) is 26.4 Å². The number of anilines is 1.